The minimum Gasteiger partial charge on any atom is -0.494 e. The van der Waals surface area contributed by atoms with E-state index in [4.69, 9.17) is 4.74 Å². The highest BCUT2D eigenvalue weighted by Gasteiger charge is 2.01. The summed E-state index contributed by atoms with van der Waals surface area (Å²) >= 11 is 0. The first-order valence-corrected chi connectivity index (χ1v) is 8.88. The molecule has 0 bridgehead atoms. The van der Waals surface area contributed by atoms with Gasteiger partial charge in [0.15, 0.2) is 5.96 Å². The standard InChI is InChI=1S/C20H28N4O/c1-3-4-14-25-19-10-7-8-17(15-19)16-24-20(21-2)23-13-11-18-9-5-6-12-22-18/h5-10,12,15H,3-4,11,13-14,16H2,1-2H3,(H2,21,23,24). The Bertz CT molecular complexity index is 643. The van der Waals surface area contributed by atoms with Gasteiger partial charge in [-0.15, -0.1) is 0 Å². The Morgan fingerprint density at radius 1 is 1.16 bits per heavy atom. The normalized spacial score (nSPS) is 11.2. The molecule has 1 heterocycles. The summed E-state index contributed by atoms with van der Waals surface area (Å²) in [7, 11) is 1.78. The van der Waals surface area contributed by atoms with Crippen LogP contribution >= 0.6 is 0 Å². The SMILES string of the molecule is CCCCOc1cccc(CNC(=NC)NCCc2ccccn2)c1. The van der Waals surface area contributed by atoms with Crippen molar-refractivity contribution in [1.29, 1.82) is 0 Å². The van der Waals surface area contributed by atoms with Gasteiger partial charge < -0.3 is 15.4 Å². The van der Waals surface area contributed by atoms with Crippen LogP contribution in [-0.4, -0.2) is 31.1 Å². The molecule has 134 valence electrons. The summed E-state index contributed by atoms with van der Waals surface area (Å²) in [5.41, 5.74) is 2.24. The van der Waals surface area contributed by atoms with E-state index in [0.717, 1.165) is 49.8 Å². The van der Waals surface area contributed by atoms with E-state index in [9.17, 15) is 0 Å². The van der Waals surface area contributed by atoms with E-state index >= 15 is 0 Å². The van der Waals surface area contributed by atoms with E-state index in [0.29, 0.717) is 6.54 Å². The summed E-state index contributed by atoms with van der Waals surface area (Å²) in [6.07, 6.45) is 4.90. The highest BCUT2D eigenvalue weighted by atomic mass is 16.5. The second-order valence-electron chi connectivity index (χ2n) is 5.77. The van der Waals surface area contributed by atoms with Gasteiger partial charge in [0, 0.05) is 38.4 Å². The zero-order chi connectivity index (χ0) is 17.7. The molecule has 5 heteroatoms. The fraction of sp³-hybridized carbons (Fsp3) is 0.400. The molecule has 1 aromatic carbocycles. The van der Waals surface area contributed by atoms with Crippen LogP contribution in [0, 0.1) is 0 Å². The molecule has 2 aromatic rings. The Morgan fingerprint density at radius 3 is 2.84 bits per heavy atom. The lowest BCUT2D eigenvalue weighted by molar-refractivity contribution is 0.309. The number of aromatic nitrogens is 1. The molecule has 1 aromatic heterocycles. The molecular formula is C20H28N4O. The maximum Gasteiger partial charge on any atom is 0.191 e. The molecule has 0 fully saturated rings. The smallest absolute Gasteiger partial charge is 0.191 e. The number of hydrogen-bond acceptors (Lipinski definition) is 3. The molecule has 2 N–H and O–H groups in total. The largest absolute Gasteiger partial charge is 0.494 e. The predicted octanol–water partition coefficient (Wildman–Crippen LogP) is 3.17. The van der Waals surface area contributed by atoms with Crippen LogP contribution in [0.15, 0.2) is 53.7 Å². The molecule has 0 aliphatic rings. The van der Waals surface area contributed by atoms with Crippen molar-refractivity contribution in [3.63, 3.8) is 0 Å². The van der Waals surface area contributed by atoms with E-state index in [1.807, 2.05) is 36.5 Å². The average molecular weight is 340 g/mol. The minimum atomic E-state index is 0.703. The summed E-state index contributed by atoms with van der Waals surface area (Å²) in [6.45, 7) is 4.42. The van der Waals surface area contributed by atoms with E-state index < -0.39 is 0 Å². The van der Waals surface area contributed by atoms with E-state index in [2.05, 4.69) is 39.7 Å². The summed E-state index contributed by atoms with van der Waals surface area (Å²) < 4.78 is 5.75. The Labute approximate surface area is 150 Å². The molecule has 0 aliphatic heterocycles. The molecule has 0 unspecified atom stereocenters. The van der Waals surface area contributed by atoms with Gasteiger partial charge in [0.2, 0.25) is 0 Å². The fourth-order valence-corrected chi connectivity index (χ4v) is 2.34. The van der Waals surface area contributed by atoms with Crippen molar-refractivity contribution in [2.24, 2.45) is 4.99 Å². The number of nitrogens with zero attached hydrogens (tertiary/aromatic N) is 2. The Balaban J connectivity index is 1.75. The Morgan fingerprint density at radius 2 is 2.08 bits per heavy atom. The fourth-order valence-electron chi connectivity index (χ4n) is 2.34. The lowest BCUT2D eigenvalue weighted by Gasteiger charge is -2.12. The third-order valence-electron chi connectivity index (χ3n) is 3.75. The van der Waals surface area contributed by atoms with Crippen LogP contribution in [0.25, 0.3) is 0 Å². The average Bonchev–Trinajstić information content (AvgIpc) is 2.66. The molecule has 25 heavy (non-hydrogen) atoms. The molecule has 2 rings (SSSR count). The molecule has 0 amide bonds. The van der Waals surface area contributed by atoms with Crippen LogP contribution in [0.4, 0.5) is 0 Å². The first-order chi connectivity index (χ1) is 12.3. The number of benzene rings is 1. The Hall–Kier alpha value is -2.56. The number of pyridine rings is 1. The number of hydrogen-bond donors (Lipinski definition) is 2. The maximum absolute atomic E-state index is 5.75. The molecule has 0 saturated heterocycles. The van der Waals surface area contributed by atoms with Gasteiger partial charge in [-0.05, 0) is 36.2 Å². The highest BCUT2D eigenvalue weighted by Crippen LogP contribution is 2.13. The first kappa shape index (κ1) is 18.8. The predicted molar refractivity (Wildman–Crippen MR) is 103 cm³/mol. The zero-order valence-corrected chi connectivity index (χ0v) is 15.2. The second-order valence-corrected chi connectivity index (χ2v) is 5.77. The number of unbranched alkanes of at least 4 members (excludes halogenated alkanes) is 1. The number of rotatable bonds is 9. The van der Waals surface area contributed by atoms with Crippen molar-refractivity contribution in [1.82, 2.24) is 15.6 Å². The van der Waals surface area contributed by atoms with Gasteiger partial charge >= 0.3 is 0 Å². The number of aliphatic imine (C=N–C) groups is 1. The Kier molecular flexibility index (Phi) is 8.32. The summed E-state index contributed by atoms with van der Waals surface area (Å²) in [4.78, 5) is 8.58. The second kappa shape index (κ2) is 11.1. The molecule has 0 radical (unpaired) electrons. The molecule has 0 spiro atoms. The van der Waals surface area contributed by atoms with Gasteiger partial charge in [0.25, 0.3) is 0 Å². The van der Waals surface area contributed by atoms with Crippen molar-refractivity contribution in [2.45, 2.75) is 32.7 Å². The van der Waals surface area contributed by atoms with Crippen molar-refractivity contribution < 1.29 is 4.74 Å². The molecule has 0 saturated carbocycles. The lowest BCUT2D eigenvalue weighted by Crippen LogP contribution is -2.37. The van der Waals surface area contributed by atoms with E-state index in [1.54, 1.807) is 7.05 Å². The molecule has 0 atom stereocenters. The summed E-state index contributed by atoms with van der Waals surface area (Å²) in [5, 5.41) is 6.64. The van der Waals surface area contributed by atoms with Gasteiger partial charge in [-0.2, -0.15) is 0 Å². The quantitative estimate of drug-likeness (QED) is 0.418. The van der Waals surface area contributed by atoms with E-state index in [1.165, 1.54) is 5.56 Å². The number of nitrogens with one attached hydrogen (secondary N) is 2. The molecular weight excluding hydrogens is 312 g/mol. The number of ether oxygens (including phenoxy) is 1. The van der Waals surface area contributed by atoms with Crippen molar-refractivity contribution >= 4 is 5.96 Å². The van der Waals surface area contributed by atoms with Crippen LogP contribution in [0.5, 0.6) is 5.75 Å². The zero-order valence-electron chi connectivity index (χ0n) is 15.2. The summed E-state index contributed by atoms with van der Waals surface area (Å²) in [5.74, 6) is 1.71. The summed E-state index contributed by atoms with van der Waals surface area (Å²) in [6, 6.07) is 14.1. The lowest BCUT2D eigenvalue weighted by atomic mass is 10.2. The van der Waals surface area contributed by atoms with Gasteiger partial charge in [-0.3, -0.25) is 9.98 Å². The van der Waals surface area contributed by atoms with Crippen LogP contribution < -0.4 is 15.4 Å². The first-order valence-electron chi connectivity index (χ1n) is 8.88. The molecule has 5 nitrogen and oxygen atoms in total. The van der Waals surface area contributed by atoms with Crippen LogP contribution in [0.1, 0.15) is 31.0 Å². The van der Waals surface area contributed by atoms with Gasteiger partial charge in [0.1, 0.15) is 5.75 Å². The van der Waals surface area contributed by atoms with Crippen molar-refractivity contribution in [3.05, 3.63) is 59.9 Å². The monoisotopic (exact) mass is 340 g/mol. The van der Waals surface area contributed by atoms with Gasteiger partial charge in [0.05, 0.1) is 6.61 Å². The third kappa shape index (κ3) is 7.25. The molecule has 0 aliphatic carbocycles. The third-order valence-corrected chi connectivity index (χ3v) is 3.75. The van der Waals surface area contributed by atoms with Crippen LogP contribution in [-0.2, 0) is 13.0 Å². The van der Waals surface area contributed by atoms with Crippen molar-refractivity contribution in [3.8, 4) is 5.75 Å². The van der Waals surface area contributed by atoms with Crippen LogP contribution in [0.3, 0.4) is 0 Å². The van der Waals surface area contributed by atoms with Crippen LogP contribution in [0.2, 0.25) is 0 Å². The maximum atomic E-state index is 5.75. The highest BCUT2D eigenvalue weighted by molar-refractivity contribution is 5.79. The van der Waals surface area contributed by atoms with Gasteiger partial charge in [-0.25, -0.2) is 0 Å². The van der Waals surface area contributed by atoms with Gasteiger partial charge in [-0.1, -0.05) is 31.5 Å². The topological polar surface area (TPSA) is 58.5 Å². The van der Waals surface area contributed by atoms with E-state index in [-0.39, 0.29) is 0 Å². The minimum absolute atomic E-state index is 0.703. The number of guanidine groups is 1. The van der Waals surface area contributed by atoms with Crippen molar-refractivity contribution in [2.75, 3.05) is 20.2 Å².